The van der Waals surface area contributed by atoms with E-state index in [1.54, 1.807) is 0 Å². The molecule has 0 amide bonds. The smallest absolute Gasteiger partial charge is 0.132 e. The van der Waals surface area contributed by atoms with E-state index in [-0.39, 0.29) is 12.4 Å². The molecule has 0 atom stereocenters. The zero-order valence-corrected chi connectivity index (χ0v) is 9.61. The molecule has 88 valence electrons. The van der Waals surface area contributed by atoms with Crippen molar-refractivity contribution in [1.82, 2.24) is 0 Å². The Morgan fingerprint density at radius 2 is 2.25 bits per heavy atom. The van der Waals surface area contributed by atoms with Crippen LogP contribution >= 0.6 is 0 Å². The van der Waals surface area contributed by atoms with Crippen LogP contribution in [0.5, 0.6) is 5.75 Å². The van der Waals surface area contributed by atoms with Crippen LogP contribution < -0.4 is 4.74 Å². The molecule has 0 aliphatic rings. The van der Waals surface area contributed by atoms with Crippen LogP contribution in [-0.2, 0) is 11.4 Å². The SMILES string of the molecule is CCC(=O)CCCOc1cccc(CO)c1. The fraction of sp³-hybridized carbons (Fsp3) is 0.462. The number of hydrogen-bond donors (Lipinski definition) is 1. The van der Waals surface area contributed by atoms with Gasteiger partial charge >= 0.3 is 0 Å². The van der Waals surface area contributed by atoms with E-state index in [9.17, 15) is 4.79 Å². The number of Topliss-reactive ketones (excluding diaryl/α,β-unsaturated/α-hetero) is 1. The van der Waals surface area contributed by atoms with Crippen molar-refractivity contribution in [2.75, 3.05) is 6.61 Å². The number of aliphatic hydroxyl groups is 1. The number of rotatable bonds is 7. The minimum Gasteiger partial charge on any atom is -0.494 e. The third-order valence-corrected chi connectivity index (χ3v) is 2.34. The molecule has 0 radical (unpaired) electrons. The Bertz CT molecular complexity index is 334. The second kappa shape index (κ2) is 7.01. The zero-order chi connectivity index (χ0) is 11.8. The molecule has 3 heteroatoms. The first-order chi connectivity index (χ1) is 7.76. The van der Waals surface area contributed by atoms with E-state index in [1.807, 2.05) is 31.2 Å². The molecule has 1 aromatic carbocycles. The summed E-state index contributed by atoms with van der Waals surface area (Å²) in [5.74, 6) is 1.02. The van der Waals surface area contributed by atoms with Crippen molar-refractivity contribution in [3.63, 3.8) is 0 Å². The topological polar surface area (TPSA) is 46.5 Å². The lowest BCUT2D eigenvalue weighted by Crippen LogP contribution is -2.02. The van der Waals surface area contributed by atoms with Crippen LogP contribution in [0.1, 0.15) is 31.7 Å². The van der Waals surface area contributed by atoms with Gasteiger partial charge in [-0.25, -0.2) is 0 Å². The molecule has 16 heavy (non-hydrogen) atoms. The Kier molecular flexibility index (Phi) is 5.57. The lowest BCUT2D eigenvalue weighted by atomic mass is 10.2. The fourth-order valence-electron chi connectivity index (χ4n) is 1.37. The van der Waals surface area contributed by atoms with E-state index in [0.29, 0.717) is 19.4 Å². The second-order valence-electron chi connectivity index (χ2n) is 3.65. The van der Waals surface area contributed by atoms with Crippen LogP contribution in [0.2, 0.25) is 0 Å². The monoisotopic (exact) mass is 222 g/mol. The van der Waals surface area contributed by atoms with Gasteiger partial charge in [0.05, 0.1) is 13.2 Å². The summed E-state index contributed by atoms with van der Waals surface area (Å²) in [7, 11) is 0. The normalized spacial score (nSPS) is 10.1. The number of ether oxygens (including phenoxy) is 1. The molecule has 0 spiro atoms. The minimum absolute atomic E-state index is 0.0194. The van der Waals surface area contributed by atoms with Crippen LogP contribution in [0, 0.1) is 0 Å². The first-order valence-corrected chi connectivity index (χ1v) is 5.60. The summed E-state index contributed by atoms with van der Waals surface area (Å²) in [6.45, 7) is 2.43. The molecule has 0 unspecified atom stereocenters. The van der Waals surface area contributed by atoms with Crippen LogP contribution in [0.4, 0.5) is 0 Å². The predicted octanol–water partition coefficient (Wildman–Crippen LogP) is 2.32. The van der Waals surface area contributed by atoms with E-state index >= 15 is 0 Å². The molecule has 0 aliphatic heterocycles. The van der Waals surface area contributed by atoms with Gasteiger partial charge in [-0.3, -0.25) is 4.79 Å². The summed E-state index contributed by atoms with van der Waals surface area (Å²) >= 11 is 0. The van der Waals surface area contributed by atoms with Crippen molar-refractivity contribution in [1.29, 1.82) is 0 Å². The van der Waals surface area contributed by atoms with Gasteiger partial charge < -0.3 is 9.84 Å². The summed E-state index contributed by atoms with van der Waals surface area (Å²) in [6.07, 6.45) is 1.92. The van der Waals surface area contributed by atoms with Crippen molar-refractivity contribution in [2.24, 2.45) is 0 Å². The summed E-state index contributed by atoms with van der Waals surface area (Å²) in [5.41, 5.74) is 0.835. The van der Waals surface area contributed by atoms with Gasteiger partial charge in [0, 0.05) is 12.8 Å². The quantitative estimate of drug-likeness (QED) is 0.720. The molecule has 0 saturated heterocycles. The van der Waals surface area contributed by atoms with Crippen molar-refractivity contribution < 1.29 is 14.6 Å². The van der Waals surface area contributed by atoms with Crippen molar-refractivity contribution >= 4 is 5.78 Å². The first-order valence-electron chi connectivity index (χ1n) is 5.60. The van der Waals surface area contributed by atoms with Gasteiger partial charge in [-0.2, -0.15) is 0 Å². The number of hydrogen-bond acceptors (Lipinski definition) is 3. The van der Waals surface area contributed by atoms with Crippen LogP contribution in [-0.4, -0.2) is 17.5 Å². The minimum atomic E-state index is 0.0194. The van der Waals surface area contributed by atoms with Gasteiger partial charge in [0.2, 0.25) is 0 Å². The summed E-state index contributed by atoms with van der Waals surface area (Å²) in [5, 5.41) is 8.94. The Morgan fingerprint density at radius 3 is 2.94 bits per heavy atom. The van der Waals surface area contributed by atoms with Gasteiger partial charge in [0.15, 0.2) is 0 Å². The van der Waals surface area contributed by atoms with E-state index in [4.69, 9.17) is 9.84 Å². The van der Waals surface area contributed by atoms with Gasteiger partial charge in [0.25, 0.3) is 0 Å². The Balaban J connectivity index is 2.28. The number of aliphatic hydroxyl groups excluding tert-OH is 1. The van der Waals surface area contributed by atoms with Crippen LogP contribution in [0.15, 0.2) is 24.3 Å². The standard InChI is InChI=1S/C13H18O3/c1-2-12(15)6-4-8-16-13-7-3-5-11(9-13)10-14/h3,5,7,9,14H,2,4,6,8,10H2,1H3. The fourth-order valence-corrected chi connectivity index (χ4v) is 1.37. The Morgan fingerprint density at radius 1 is 1.44 bits per heavy atom. The first kappa shape index (κ1) is 12.7. The molecule has 0 aromatic heterocycles. The van der Waals surface area contributed by atoms with Gasteiger partial charge in [-0.05, 0) is 24.1 Å². The van der Waals surface area contributed by atoms with E-state index < -0.39 is 0 Å². The van der Waals surface area contributed by atoms with Crippen LogP contribution in [0.3, 0.4) is 0 Å². The van der Waals surface area contributed by atoms with Gasteiger partial charge in [-0.15, -0.1) is 0 Å². The number of carbonyl (C=O) groups is 1. The molecule has 0 saturated carbocycles. The van der Waals surface area contributed by atoms with Gasteiger partial charge in [0.1, 0.15) is 11.5 Å². The van der Waals surface area contributed by atoms with Crippen molar-refractivity contribution in [3.8, 4) is 5.75 Å². The highest BCUT2D eigenvalue weighted by Crippen LogP contribution is 2.13. The van der Waals surface area contributed by atoms with Crippen molar-refractivity contribution in [3.05, 3.63) is 29.8 Å². The molecular weight excluding hydrogens is 204 g/mol. The van der Waals surface area contributed by atoms with Crippen LogP contribution in [0.25, 0.3) is 0 Å². The molecule has 1 rings (SSSR count). The lowest BCUT2D eigenvalue weighted by Gasteiger charge is -2.06. The maximum absolute atomic E-state index is 11.0. The zero-order valence-electron chi connectivity index (χ0n) is 9.61. The van der Waals surface area contributed by atoms with Gasteiger partial charge in [-0.1, -0.05) is 19.1 Å². The summed E-state index contributed by atoms with van der Waals surface area (Å²) in [4.78, 5) is 11.0. The summed E-state index contributed by atoms with van der Waals surface area (Å²) < 4.78 is 5.48. The van der Waals surface area contributed by atoms with E-state index in [0.717, 1.165) is 17.7 Å². The molecule has 3 nitrogen and oxygen atoms in total. The Labute approximate surface area is 96.1 Å². The largest absolute Gasteiger partial charge is 0.494 e. The predicted molar refractivity (Wildman–Crippen MR) is 62.4 cm³/mol. The number of benzene rings is 1. The van der Waals surface area contributed by atoms with E-state index in [2.05, 4.69) is 0 Å². The van der Waals surface area contributed by atoms with Crippen molar-refractivity contribution in [2.45, 2.75) is 32.8 Å². The average Bonchev–Trinajstić information content (AvgIpc) is 2.34. The molecule has 1 aromatic rings. The van der Waals surface area contributed by atoms with E-state index in [1.165, 1.54) is 0 Å². The Hall–Kier alpha value is -1.35. The highest BCUT2D eigenvalue weighted by molar-refractivity contribution is 5.77. The molecule has 0 fully saturated rings. The third kappa shape index (κ3) is 4.45. The highest BCUT2D eigenvalue weighted by atomic mass is 16.5. The highest BCUT2D eigenvalue weighted by Gasteiger charge is 1.99. The second-order valence-corrected chi connectivity index (χ2v) is 3.65. The molecule has 1 N–H and O–H groups in total. The maximum atomic E-state index is 11.0. The average molecular weight is 222 g/mol. The number of carbonyl (C=O) groups excluding carboxylic acids is 1. The number of ketones is 1. The molecular formula is C13H18O3. The summed E-state index contributed by atoms with van der Waals surface area (Å²) in [6, 6.07) is 7.34. The lowest BCUT2D eigenvalue weighted by molar-refractivity contribution is -0.118. The molecule has 0 heterocycles. The molecule has 0 bridgehead atoms. The third-order valence-electron chi connectivity index (χ3n) is 2.34. The maximum Gasteiger partial charge on any atom is 0.132 e. The molecule has 0 aliphatic carbocycles.